The average molecular weight is 354 g/mol. The first-order chi connectivity index (χ1) is 12.7. The second-order valence-corrected chi connectivity index (χ2v) is 7.01. The van der Waals surface area contributed by atoms with Crippen molar-refractivity contribution in [2.45, 2.75) is 32.7 Å². The van der Waals surface area contributed by atoms with Crippen LogP contribution in [0.4, 0.5) is 11.8 Å². The summed E-state index contributed by atoms with van der Waals surface area (Å²) in [5, 5.41) is 0. The van der Waals surface area contributed by atoms with Crippen molar-refractivity contribution >= 4 is 11.8 Å². The van der Waals surface area contributed by atoms with Crippen molar-refractivity contribution in [2.24, 2.45) is 0 Å². The molecule has 0 amide bonds. The zero-order valence-electron chi connectivity index (χ0n) is 15.8. The maximum atomic E-state index is 5.47. The lowest BCUT2D eigenvalue weighted by molar-refractivity contribution is 0.353. The number of aromatic nitrogens is 2. The van der Waals surface area contributed by atoms with E-state index in [0.717, 1.165) is 61.6 Å². The highest BCUT2D eigenvalue weighted by Crippen LogP contribution is 2.34. The molecule has 138 valence electrons. The second kappa shape index (κ2) is 7.02. The Morgan fingerprint density at radius 1 is 0.846 bits per heavy atom. The van der Waals surface area contributed by atoms with Crippen LogP contribution in [-0.2, 0) is 13.0 Å². The van der Waals surface area contributed by atoms with Crippen LogP contribution in [0.2, 0.25) is 0 Å². The van der Waals surface area contributed by atoms with Gasteiger partial charge in [0.15, 0.2) is 11.5 Å². The summed E-state index contributed by atoms with van der Waals surface area (Å²) < 4.78 is 10.9. The van der Waals surface area contributed by atoms with Crippen LogP contribution < -0.4 is 19.3 Å². The maximum absolute atomic E-state index is 5.47. The van der Waals surface area contributed by atoms with Gasteiger partial charge in [-0.25, -0.2) is 4.98 Å². The molecule has 0 spiro atoms. The Morgan fingerprint density at radius 3 is 2.23 bits per heavy atom. The van der Waals surface area contributed by atoms with Gasteiger partial charge in [-0.05, 0) is 49.4 Å². The van der Waals surface area contributed by atoms with E-state index in [2.05, 4.69) is 34.9 Å². The number of hydrogen-bond donors (Lipinski definition) is 0. The lowest BCUT2D eigenvalue weighted by Crippen LogP contribution is -2.32. The van der Waals surface area contributed by atoms with Crippen molar-refractivity contribution in [1.29, 1.82) is 0 Å². The van der Waals surface area contributed by atoms with Crippen LogP contribution in [0.15, 0.2) is 18.2 Å². The van der Waals surface area contributed by atoms with E-state index in [1.165, 1.54) is 24.0 Å². The van der Waals surface area contributed by atoms with Gasteiger partial charge in [0.1, 0.15) is 5.82 Å². The van der Waals surface area contributed by atoms with Gasteiger partial charge in [0.05, 0.1) is 14.2 Å². The largest absolute Gasteiger partial charge is 0.493 e. The maximum Gasteiger partial charge on any atom is 0.227 e. The van der Waals surface area contributed by atoms with Crippen molar-refractivity contribution < 1.29 is 9.47 Å². The number of hydrogen-bond acceptors (Lipinski definition) is 6. The predicted molar refractivity (Wildman–Crippen MR) is 103 cm³/mol. The third kappa shape index (κ3) is 3.16. The van der Waals surface area contributed by atoms with Crippen LogP contribution in [-0.4, -0.2) is 43.8 Å². The van der Waals surface area contributed by atoms with E-state index in [1.807, 2.05) is 0 Å². The van der Waals surface area contributed by atoms with Crippen molar-refractivity contribution in [3.8, 4) is 11.5 Å². The van der Waals surface area contributed by atoms with Gasteiger partial charge in [0.2, 0.25) is 5.95 Å². The Balaban J connectivity index is 1.62. The number of aryl methyl sites for hydroxylation is 1. The lowest BCUT2D eigenvalue weighted by atomic mass is 9.99. The average Bonchev–Trinajstić information content (AvgIpc) is 3.20. The molecule has 26 heavy (non-hydrogen) atoms. The predicted octanol–water partition coefficient (Wildman–Crippen LogP) is 2.97. The monoisotopic (exact) mass is 354 g/mol. The fourth-order valence-electron chi connectivity index (χ4n) is 3.84. The topological polar surface area (TPSA) is 50.7 Å². The number of anilines is 2. The molecule has 1 aromatic heterocycles. The van der Waals surface area contributed by atoms with Crippen LogP contribution in [0.5, 0.6) is 11.5 Å². The Labute approximate surface area is 154 Å². The standard InChI is InChI=1S/C20H26N4O2/c1-14-10-19(23-7-4-5-8-23)22-20(21-14)24-9-6-15-11-17(25-2)18(26-3)12-16(15)13-24/h10-12H,4-9,13H2,1-3H3. The van der Waals surface area contributed by atoms with Gasteiger partial charge in [-0.1, -0.05) is 0 Å². The first kappa shape index (κ1) is 16.9. The molecule has 1 fully saturated rings. The Kier molecular flexibility index (Phi) is 4.57. The van der Waals surface area contributed by atoms with Crippen LogP contribution in [0, 0.1) is 6.92 Å². The fraction of sp³-hybridized carbons (Fsp3) is 0.500. The molecule has 0 N–H and O–H groups in total. The summed E-state index contributed by atoms with van der Waals surface area (Å²) in [5.74, 6) is 3.45. The van der Waals surface area contributed by atoms with Gasteiger partial charge in [-0.3, -0.25) is 0 Å². The van der Waals surface area contributed by atoms with Crippen LogP contribution in [0.3, 0.4) is 0 Å². The number of fused-ring (bicyclic) bond motifs is 1. The summed E-state index contributed by atoms with van der Waals surface area (Å²) in [5.41, 5.74) is 3.59. The highest BCUT2D eigenvalue weighted by Gasteiger charge is 2.23. The minimum absolute atomic E-state index is 0.774. The molecular formula is C20H26N4O2. The number of methoxy groups -OCH3 is 2. The van der Waals surface area contributed by atoms with E-state index in [0.29, 0.717) is 0 Å². The second-order valence-electron chi connectivity index (χ2n) is 7.01. The van der Waals surface area contributed by atoms with E-state index >= 15 is 0 Å². The molecule has 1 aromatic carbocycles. The molecule has 6 nitrogen and oxygen atoms in total. The Hall–Kier alpha value is -2.50. The third-order valence-corrected chi connectivity index (χ3v) is 5.26. The van der Waals surface area contributed by atoms with E-state index in [4.69, 9.17) is 19.4 Å². The number of nitrogens with zero attached hydrogens (tertiary/aromatic N) is 4. The minimum atomic E-state index is 0.774. The van der Waals surface area contributed by atoms with Gasteiger partial charge in [-0.15, -0.1) is 0 Å². The zero-order chi connectivity index (χ0) is 18.1. The highest BCUT2D eigenvalue weighted by molar-refractivity contribution is 5.52. The van der Waals surface area contributed by atoms with Gasteiger partial charge in [-0.2, -0.15) is 4.98 Å². The first-order valence-electron chi connectivity index (χ1n) is 9.27. The summed E-state index contributed by atoms with van der Waals surface area (Å²) in [7, 11) is 3.36. The summed E-state index contributed by atoms with van der Waals surface area (Å²) in [6.07, 6.45) is 3.44. The van der Waals surface area contributed by atoms with E-state index in [1.54, 1.807) is 14.2 Å². The molecule has 4 rings (SSSR count). The minimum Gasteiger partial charge on any atom is -0.493 e. The normalized spacial score (nSPS) is 16.6. The molecule has 6 heteroatoms. The van der Waals surface area contributed by atoms with Crippen LogP contribution in [0.1, 0.15) is 29.7 Å². The molecule has 0 aliphatic carbocycles. The van der Waals surface area contributed by atoms with E-state index in [-0.39, 0.29) is 0 Å². The molecule has 0 atom stereocenters. The van der Waals surface area contributed by atoms with Gasteiger partial charge < -0.3 is 19.3 Å². The Morgan fingerprint density at radius 2 is 1.54 bits per heavy atom. The van der Waals surface area contributed by atoms with Crippen molar-refractivity contribution in [2.75, 3.05) is 43.7 Å². The molecule has 3 heterocycles. The van der Waals surface area contributed by atoms with E-state index < -0.39 is 0 Å². The third-order valence-electron chi connectivity index (χ3n) is 5.26. The van der Waals surface area contributed by atoms with Crippen molar-refractivity contribution in [3.05, 3.63) is 35.0 Å². The highest BCUT2D eigenvalue weighted by atomic mass is 16.5. The molecule has 2 aliphatic heterocycles. The molecule has 0 saturated carbocycles. The molecule has 2 aromatic rings. The summed E-state index contributed by atoms with van der Waals surface area (Å²) in [4.78, 5) is 14.2. The quantitative estimate of drug-likeness (QED) is 0.841. The molecule has 0 unspecified atom stereocenters. The first-order valence-corrected chi connectivity index (χ1v) is 9.27. The van der Waals surface area contributed by atoms with Gasteiger partial charge >= 0.3 is 0 Å². The van der Waals surface area contributed by atoms with Gasteiger partial charge in [0.25, 0.3) is 0 Å². The van der Waals surface area contributed by atoms with Gasteiger partial charge in [0, 0.05) is 37.9 Å². The van der Waals surface area contributed by atoms with Crippen molar-refractivity contribution in [3.63, 3.8) is 0 Å². The fourth-order valence-corrected chi connectivity index (χ4v) is 3.84. The summed E-state index contributed by atoms with van der Waals surface area (Å²) in [6.45, 7) is 5.94. The SMILES string of the molecule is COc1cc2c(cc1OC)CN(c1nc(C)cc(N3CCCC3)n1)CC2. The number of benzene rings is 1. The van der Waals surface area contributed by atoms with E-state index in [9.17, 15) is 0 Å². The molecule has 0 bridgehead atoms. The molecule has 0 radical (unpaired) electrons. The Bertz CT molecular complexity index is 803. The lowest BCUT2D eigenvalue weighted by Gasteiger charge is -2.30. The van der Waals surface area contributed by atoms with Crippen molar-refractivity contribution in [1.82, 2.24) is 9.97 Å². The number of ether oxygens (including phenoxy) is 2. The van der Waals surface area contributed by atoms with Crippen LogP contribution in [0.25, 0.3) is 0 Å². The zero-order valence-corrected chi connectivity index (χ0v) is 15.8. The summed E-state index contributed by atoms with van der Waals surface area (Å²) >= 11 is 0. The number of rotatable bonds is 4. The summed E-state index contributed by atoms with van der Waals surface area (Å²) in [6, 6.07) is 6.27. The molecule has 1 saturated heterocycles. The molecule has 2 aliphatic rings. The molecular weight excluding hydrogens is 328 g/mol. The smallest absolute Gasteiger partial charge is 0.227 e. The van der Waals surface area contributed by atoms with Crippen LogP contribution >= 0.6 is 0 Å².